The van der Waals surface area contributed by atoms with E-state index in [1.165, 1.54) is 21.8 Å². The number of amides is 2. The van der Waals surface area contributed by atoms with Crippen molar-refractivity contribution < 1.29 is 40.7 Å². The number of amidine groups is 1. The second-order valence-corrected chi connectivity index (χ2v) is 15.5. The Balaban J connectivity index is 1.18. The number of likely N-dealkylation sites (tertiary alicyclic amines) is 1. The number of halogens is 3. The summed E-state index contributed by atoms with van der Waals surface area (Å²) in [5.74, 6) is -0.751. The molecule has 0 atom stereocenters. The van der Waals surface area contributed by atoms with E-state index in [0.717, 1.165) is 47.4 Å². The molecule has 3 aliphatic rings. The van der Waals surface area contributed by atoms with Gasteiger partial charge in [0.1, 0.15) is 22.7 Å². The number of hydrogen-bond acceptors (Lipinski definition) is 8. The highest BCUT2D eigenvalue weighted by Gasteiger charge is 2.47. The summed E-state index contributed by atoms with van der Waals surface area (Å²) in [6.45, 7) is 10.6. The number of piperidine rings is 2. The van der Waals surface area contributed by atoms with Crippen LogP contribution in [-0.4, -0.2) is 85.2 Å². The van der Waals surface area contributed by atoms with E-state index in [0.29, 0.717) is 13.1 Å². The summed E-state index contributed by atoms with van der Waals surface area (Å²) in [7, 11) is -3.83. The van der Waals surface area contributed by atoms with E-state index in [2.05, 4.69) is 20.4 Å². The number of aliphatic imine (C=N–C) groups is 1. The number of hydrogen-bond donors (Lipinski definition) is 2. The van der Waals surface area contributed by atoms with E-state index in [1.54, 1.807) is 11.0 Å². The van der Waals surface area contributed by atoms with Crippen LogP contribution < -0.4 is 15.4 Å². The van der Waals surface area contributed by atoms with Crippen LogP contribution in [0.3, 0.4) is 0 Å². The summed E-state index contributed by atoms with van der Waals surface area (Å²) in [5.41, 5.74) is 1.98. The lowest BCUT2D eigenvalue weighted by Crippen LogP contribution is -2.50. The van der Waals surface area contributed by atoms with Gasteiger partial charge in [0.05, 0.1) is 0 Å². The van der Waals surface area contributed by atoms with Gasteiger partial charge in [0, 0.05) is 48.9 Å². The summed E-state index contributed by atoms with van der Waals surface area (Å²) >= 11 is 0. The molecule has 3 heterocycles. The molecule has 0 unspecified atom stereocenters. The van der Waals surface area contributed by atoms with Gasteiger partial charge in [-0.25, -0.2) is 13.2 Å². The predicted octanol–water partition coefficient (Wildman–Crippen LogP) is 5.73. The number of rotatable bonds is 7. The number of nitrogens with zero attached hydrogens (tertiary/aromatic N) is 3. The van der Waals surface area contributed by atoms with E-state index in [1.807, 2.05) is 46.8 Å². The lowest BCUT2D eigenvalue weighted by Gasteiger charge is -2.34. The minimum absolute atomic E-state index is 0.0433. The second-order valence-electron chi connectivity index (χ2n) is 13.7. The molecule has 2 fully saturated rings. The van der Waals surface area contributed by atoms with Crippen LogP contribution in [0, 0.1) is 13.8 Å². The number of aryl methyl sites for hydroxylation is 2. The molecule has 2 N–H and O–H groups in total. The van der Waals surface area contributed by atoms with Gasteiger partial charge in [0.2, 0.25) is 10.0 Å². The van der Waals surface area contributed by atoms with Crippen molar-refractivity contribution >= 4 is 39.6 Å². The minimum atomic E-state index is -4.86. The molecule has 0 bridgehead atoms. The van der Waals surface area contributed by atoms with Gasteiger partial charge in [-0.05, 0) is 107 Å². The van der Waals surface area contributed by atoms with Gasteiger partial charge in [0.15, 0.2) is 0 Å². The summed E-state index contributed by atoms with van der Waals surface area (Å²) < 4.78 is 75.5. The van der Waals surface area contributed by atoms with Crippen molar-refractivity contribution in [2.24, 2.45) is 4.99 Å². The molecular formula is C34H42F3N5O6S. The molecule has 49 heavy (non-hydrogen) atoms. The maximum atomic E-state index is 13.3. The number of carbonyl (C=O) groups is 2. The maximum absolute atomic E-state index is 13.3. The van der Waals surface area contributed by atoms with Gasteiger partial charge >= 0.3 is 12.5 Å². The standard InChI is InChI=1S/C34H42F3N5O6S/c1-22-19-26(38-25-9-14-41(15-10-25)31(44)48-32(3,4)5)20-23(2)28(22)11-18-49(45,46)42-16-12-33(13-17-42)30(43)39-29(40-33)24-7-6-8-27(21-24)47-34(35,36)37/h6-8,11,18-21,25,38H,9-10,12-17H2,1-5H3,(H,39,40,43)/b18-11+. The third-order valence-electron chi connectivity index (χ3n) is 8.75. The molecule has 11 nitrogen and oxygen atoms in total. The fourth-order valence-electron chi connectivity index (χ4n) is 6.27. The normalized spacial score (nSPS) is 19.2. The lowest BCUT2D eigenvalue weighted by atomic mass is 9.89. The summed E-state index contributed by atoms with van der Waals surface area (Å²) in [6, 6.07) is 9.29. The Morgan fingerprint density at radius 3 is 2.27 bits per heavy atom. The Bertz CT molecular complexity index is 1730. The van der Waals surface area contributed by atoms with Crippen LogP contribution in [0.5, 0.6) is 5.75 Å². The van der Waals surface area contributed by atoms with Crippen molar-refractivity contribution in [2.75, 3.05) is 31.5 Å². The number of carbonyl (C=O) groups excluding carboxylic acids is 2. The molecule has 5 rings (SSSR count). The Morgan fingerprint density at radius 1 is 1.04 bits per heavy atom. The Kier molecular flexibility index (Phi) is 10.1. The van der Waals surface area contributed by atoms with E-state index in [9.17, 15) is 31.2 Å². The number of sulfonamides is 1. The van der Waals surface area contributed by atoms with Crippen molar-refractivity contribution in [1.29, 1.82) is 0 Å². The molecule has 3 aliphatic heterocycles. The summed E-state index contributed by atoms with van der Waals surface area (Å²) in [4.78, 5) is 31.6. The zero-order chi connectivity index (χ0) is 35.8. The average molecular weight is 706 g/mol. The highest BCUT2D eigenvalue weighted by atomic mass is 32.2. The summed E-state index contributed by atoms with van der Waals surface area (Å²) in [5, 5.41) is 7.37. The first-order valence-corrected chi connectivity index (χ1v) is 17.6. The number of benzene rings is 2. The monoisotopic (exact) mass is 705 g/mol. The molecule has 0 aliphatic carbocycles. The Labute approximate surface area is 284 Å². The highest BCUT2D eigenvalue weighted by Crippen LogP contribution is 2.33. The number of ether oxygens (including phenoxy) is 2. The molecule has 2 amide bonds. The smallest absolute Gasteiger partial charge is 0.444 e. The van der Waals surface area contributed by atoms with Gasteiger partial charge in [-0.3, -0.25) is 9.79 Å². The fourth-order valence-corrected chi connectivity index (χ4v) is 7.44. The number of anilines is 1. The third-order valence-corrected chi connectivity index (χ3v) is 10.3. The fraction of sp³-hybridized carbons (Fsp3) is 0.500. The number of nitrogens with one attached hydrogen (secondary N) is 2. The molecule has 0 saturated carbocycles. The van der Waals surface area contributed by atoms with Crippen molar-refractivity contribution in [3.63, 3.8) is 0 Å². The predicted molar refractivity (Wildman–Crippen MR) is 180 cm³/mol. The average Bonchev–Trinajstić information content (AvgIpc) is 3.30. The van der Waals surface area contributed by atoms with Crippen molar-refractivity contribution in [3.05, 3.63) is 64.1 Å². The van der Waals surface area contributed by atoms with Gasteiger partial charge < -0.3 is 25.0 Å². The lowest BCUT2D eigenvalue weighted by molar-refractivity contribution is -0.274. The molecule has 1 spiro atoms. The molecule has 15 heteroatoms. The minimum Gasteiger partial charge on any atom is -0.444 e. The van der Waals surface area contributed by atoms with Crippen LogP contribution in [0.1, 0.15) is 68.7 Å². The number of alkyl halides is 3. The van der Waals surface area contributed by atoms with Crippen LogP contribution in [0.15, 0.2) is 46.8 Å². The molecule has 2 saturated heterocycles. The third kappa shape index (κ3) is 8.93. The topological polar surface area (TPSA) is 130 Å². The van der Waals surface area contributed by atoms with E-state index in [4.69, 9.17) is 4.74 Å². The second kappa shape index (κ2) is 13.7. The molecule has 2 aromatic rings. The van der Waals surface area contributed by atoms with Crippen LogP contribution >= 0.6 is 0 Å². The first-order chi connectivity index (χ1) is 22.8. The van der Waals surface area contributed by atoms with Crippen LogP contribution in [0.25, 0.3) is 6.08 Å². The Hall–Kier alpha value is -4.11. The van der Waals surface area contributed by atoms with Crippen LogP contribution in [0.2, 0.25) is 0 Å². The van der Waals surface area contributed by atoms with Crippen LogP contribution in [0.4, 0.5) is 23.7 Å². The van der Waals surface area contributed by atoms with Gasteiger partial charge in [-0.2, -0.15) is 4.31 Å². The first-order valence-electron chi connectivity index (χ1n) is 16.1. The molecule has 2 aromatic carbocycles. The van der Waals surface area contributed by atoms with Crippen LogP contribution in [-0.2, 0) is 19.6 Å². The van der Waals surface area contributed by atoms with E-state index < -0.39 is 39.2 Å². The summed E-state index contributed by atoms with van der Waals surface area (Å²) in [6.07, 6.45) is -1.81. The van der Waals surface area contributed by atoms with Crippen molar-refractivity contribution in [2.45, 2.75) is 83.8 Å². The Morgan fingerprint density at radius 2 is 1.67 bits per heavy atom. The molecular weight excluding hydrogens is 663 g/mol. The van der Waals surface area contributed by atoms with E-state index in [-0.39, 0.29) is 49.5 Å². The zero-order valence-corrected chi connectivity index (χ0v) is 29.0. The van der Waals surface area contributed by atoms with Gasteiger partial charge in [0.25, 0.3) is 5.91 Å². The van der Waals surface area contributed by atoms with Crippen molar-refractivity contribution in [3.8, 4) is 5.75 Å². The van der Waals surface area contributed by atoms with Gasteiger partial charge in [-0.1, -0.05) is 12.1 Å². The van der Waals surface area contributed by atoms with E-state index >= 15 is 0 Å². The highest BCUT2D eigenvalue weighted by molar-refractivity contribution is 7.92. The molecule has 266 valence electrons. The van der Waals surface area contributed by atoms with Crippen molar-refractivity contribution in [1.82, 2.24) is 14.5 Å². The van der Waals surface area contributed by atoms with Gasteiger partial charge in [-0.15, -0.1) is 13.2 Å². The maximum Gasteiger partial charge on any atom is 0.573 e. The zero-order valence-electron chi connectivity index (χ0n) is 28.2. The SMILES string of the molecule is Cc1cc(NC2CCN(C(=O)OC(C)(C)C)CC2)cc(C)c1/C=C/S(=O)(=O)N1CCC2(CC1)N=C(c1cccc(OC(F)(F)F)c1)NC2=O. The molecule has 0 radical (unpaired) electrons. The quantitative estimate of drug-likeness (QED) is 0.377. The molecule has 0 aromatic heterocycles. The largest absolute Gasteiger partial charge is 0.573 e. The first kappa shape index (κ1) is 36.2.